The van der Waals surface area contributed by atoms with Gasteiger partial charge in [-0.2, -0.15) is 0 Å². The maximum atomic E-state index is 12.7. The Kier molecular flexibility index (Phi) is 7.21. The molecule has 0 atom stereocenters. The van der Waals surface area contributed by atoms with E-state index in [1.807, 2.05) is 42.5 Å². The van der Waals surface area contributed by atoms with E-state index in [4.69, 9.17) is 0 Å². The highest BCUT2D eigenvalue weighted by Crippen LogP contribution is 2.31. The van der Waals surface area contributed by atoms with Gasteiger partial charge in [-0.1, -0.05) is 44.7 Å². The van der Waals surface area contributed by atoms with Crippen molar-refractivity contribution in [2.75, 3.05) is 10.6 Å². The Morgan fingerprint density at radius 2 is 1.31 bits per heavy atom. The molecule has 35 heavy (non-hydrogen) atoms. The third-order valence-electron chi connectivity index (χ3n) is 7.96. The summed E-state index contributed by atoms with van der Waals surface area (Å²) in [6.07, 6.45) is 11.1. The number of anilines is 2. The molecule has 2 aliphatic rings. The molecule has 5 heteroatoms. The maximum absolute atomic E-state index is 12.7. The molecule has 5 rings (SSSR count). The number of amides is 2. The van der Waals surface area contributed by atoms with Gasteiger partial charge in [-0.05, 0) is 86.4 Å². The first-order valence-electron chi connectivity index (χ1n) is 13.4. The molecule has 5 nitrogen and oxygen atoms in total. The Labute approximate surface area is 208 Å². The summed E-state index contributed by atoms with van der Waals surface area (Å²) in [5.74, 6) is 1.31. The molecule has 0 spiro atoms. The molecule has 0 bridgehead atoms. The molecule has 2 saturated carbocycles. The molecule has 3 N–H and O–H groups in total. The predicted octanol–water partition coefficient (Wildman–Crippen LogP) is 7.51. The van der Waals surface area contributed by atoms with Crippen molar-refractivity contribution in [3.8, 4) is 11.3 Å². The van der Waals surface area contributed by atoms with Crippen molar-refractivity contribution in [3.05, 3.63) is 48.5 Å². The summed E-state index contributed by atoms with van der Waals surface area (Å²) in [5, 5.41) is 7.31. The molecule has 0 radical (unpaired) electrons. The van der Waals surface area contributed by atoms with Crippen LogP contribution in [0.1, 0.15) is 71.1 Å². The zero-order chi connectivity index (χ0) is 24.2. The van der Waals surface area contributed by atoms with Crippen LogP contribution in [0, 0.1) is 17.8 Å². The minimum absolute atomic E-state index is 0.130. The Morgan fingerprint density at radius 1 is 0.714 bits per heavy atom. The summed E-state index contributed by atoms with van der Waals surface area (Å²) in [4.78, 5) is 28.9. The van der Waals surface area contributed by atoms with Crippen molar-refractivity contribution >= 4 is 34.1 Å². The first kappa shape index (κ1) is 23.7. The second-order valence-electron chi connectivity index (χ2n) is 10.7. The maximum Gasteiger partial charge on any atom is 0.227 e. The number of carbonyl (C=O) groups is 2. The molecule has 1 heterocycles. The topological polar surface area (TPSA) is 74.0 Å². The van der Waals surface area contributed by atoms with E-state index in [0.717, 1.165) is 90.8 Å². The van der Waals surface area contributed by atoms with E-state index in [0.29, 0.717) is 0 Å². The summed E-state index contributed by atoms with van der Waals surface area (Å²) in [6.45, 7) is 2.27. The highest BCUT2D eigenvalue weighted by Gasteiger charge is 2.24. The Morgan fingerprint density at radius 3 is 2.00 bits per heavy atom. The number of nitrogens with one attached hydrogen (secondary N) is 3. The molecule has 3 aromatic rings. The number of benzene rings is 2. The van der Waals surface area contributed by atoms with Gasteiger partial charge < -0.3 is 15.6 Å². The van der Waals surface area contributed by atoms with Gasteiger partial charge in [-0.3, -0.25) is 9.59 Å². The minimum Gasteiger partial charge on any atom is -0.355 e. The highest BCUT2D eigenvalue weighted by molar-refractivity contribution is 5.96. The zero-order valence-electron chi connectivity index (χ0n) is 20.7. The van der Waals surface area contributed by atoms with E-state index in [1.54, 1.807) is 0 Å². The summed E-state index contributed by atoms with van der Waals surface area (Å²) in [5.41, 5.74) is 4.82. The van der Waals surface area contributed by atoms with Gasteiger partial charge in [0, 0.05) is 39.8 Å². The molecule has 2 aromatic carbocycles. The summed E-state index contributed by atoms with van der Waals surface area (Å²) < 4.78 is 0. The van der Waals surface area contributed by atoms with E-state index >= 15 is 0 Å². The number of fused-ring (bicyclic) bond motifs is 1. The lowest BCUT2D eigenvalue weighted by Crippen LogP contribution is -2.26. The van der Waals surface area contributed by atoms with Gasteiger partial charge in [-0.25, -0.2) is 0 Å². The summed E-state index contributed by atoms with van der Waals surface area (Å²) in [6, 6.07) is 16.2. The van der Waals surface area contributed by atoms with Crippen molar-refractivity contribution in [1.29, 1.82) is 0 Å². The fourth-order valence-electron chi connectivity index (χ4n) is 5.65. The van der Waals surface area contributed by atoms with Crippen molar-refractivity contribution in [2.24, 2.45) is 17.8 Å². The Hall–Kier alpha value is -3.08. The van der Waals surface area contributed by atoms with Crippen LogP contribution >= 0.6 is 0 Å². The predicted molar refractivity (Wildman–Crippen MR) is 143 cm³/mol. The third kappa shape index (κ3) is 5.77. The molecule has 2 amide bonds. The van der Waals surface area contributed by atoms with Gasteiger partial charge in [0.25, 0.3) is 0 Å². The number of aromatic amines is 1. The van der Waals surface area contributed by atoms with E-state index in [-0.39, 0.29) is 23.7 Å². The van der Waals surface area contributed by atoms with Crippen LogP contribution in [0.25, 0.3) is 22.2 Å². The van der Waals surface area contributed by atoms with E-state index in [9.17, 15) is 9.59 Å². The summed E-state index contributed by atoms with van der Waals surface area (Å²) in [7, 11) is 0. The molecule has 0 unspecified atom stereocenters. The van der Waals surface area contributed by atoms with Crippen LogP contribution in [0.4, 0.5) is 11.4 Å². The fraction of sp³-hybridized carbons (Fsp3) is 0.467. The van der Waals surface area contributed by atoms with Gasteiger partial charge >= 0.3 is 0 Å². The molecule has 1 aromatic heterocycles. The lowest BCUT2D eigenvalue weighted by atomic mass is 9.82. The van der Waals surface area contributed by atoms with E-state index in [2.05, 4.69) is 28.6 Å². The number of H-pyrrole nitrogens is 1. The molecular weight excluding hydrogens is 434 g/mol. The normalized spacial score (nSPS) is 21.4. The molecule has 2 aliphatic carbocycles. The molecule has 0 saturated heterocycles. The second kappa shape index (κ2) is 10.7. The Bertz CT molecular complexity index is 1160. The van der Waals surface area contributed by atoms with Gasteiger partial charge in [0.05, 0.1) is 0 Å². The molecular formula is C30H37N3O2. The zero-order valence-corrected chi connectivity index (χ0v) is 20.7. The van der Waals surface area contributed by atoms with Crippen molar-refractivity contribution in [3.63, 3.8) is 0 Å². The van der Waals surface area contributed by atoms with Gasteiger partial charge in [0.1, 0.15) is 0 Å². The van der Waals surface area contributed by atoms with Crippen LogP contribution in [0.3, 0.4) is 0 Å². The van der Waals surface area contributed by atoms with Gasteiger partial charge in [0.15, 0.2) is 0 Å². The number of rotatable bonds is 5. The standard InChI is InChI=1S/C30H37N3O2/c1-20-8-10-23(11-9-20)30(35)32-26-16-17-27-24(18-26)19-28(33-27)21-12-14-25(15-13-21)31-29(34)22-6-4-2-3-5-7-22/h12-20,22-23,33H,2-11H2,1H3,(H,31,34)(H,32,35). The fourth-order valence-corrected chi connectivity index (χ4v) is 5.65. The first-order valence-corrected chi connectivity index (χ1v) is 13.4. The lowest BCUT2D eigenvalue weighted by molar-refractivity contribution is -0.121. The average molecular weight is 472 g/mol. The van der Waals surface area contributed by atoms with Crippen LogP contribution in [-0.2, 0) is 9.59 Å². The Balaban J connectivity index is 1.23. The molecule has 2 fully saturated rings. The van der Waals surface area contributed by atoms with E-state index < -0.39 is 0 Å². The number of hydrogen-bond acceptors (Lipinski definition) is 2. The lowest BCUT2D eigenvalue weighted by Gasteiger charge is -2.25. The monoisotopic (exact) mass is 471 g/mol. The minimum atomic E-state index is 0.130. The molecule has 184 valence electrons. The number of carbonyl (C=O) groups excluding carboxylic acids is 2. The van der Waals surface area contributed by atoms with Crippen LogP contribution in [0.5, 0.6) is 0 Å². The van der Waals surface area contributed by atoms with Gasteiger partial charge in [0.2, 0.25) is 11.8 Å². The third-order valence-corrected chi connectivity index (χ3v) is 7.96. The largest absolute Gasteiger partial charge is 0.355 e. The smallest absolute Gasteiger partial charge is 0.227 e. The van der Waals surface area contributed by atoms with Crippen molar-refractivity contribution in [1.82, 2.24) is 4.98 Å². The van der Waals surface area contributed by atoms with Crippen LogP contribution in [0.15, 0.2) is 48.5 Å². The van der Waals surface area contributed by atoms with Crippen molar-refractivity contribution in [2.45, 2.75) is 71.1 Å². The quantitative estimate of drug-likeness (QED) is 0.337. The first-order chi connectivity index (χ1) is 17.0. The van der Waals surface area contributed by atoms with E-state index in [1.165, 1.54) is 12.8 Å². The van der Waals surface area contributed by atoms with Crippen LogP contribution < -0.4 is 10.6 Å². The van der Waals surface area contributed by atoms with Gasteiger partial charge in [-0.15, -0.1) is 0 Å². The summed E-state index contributed by atoms with van der Waals surface area (Å²) >= 11 is 0. The number of hydrogen-bond donors (Lipinski definition) is 3. The highest BCUT2D eigenvalue weighted by atomic mass is 16.2. The average Bonchev–Trinajstić information content (AvgIpc) is 3.09. The van der Waals surface area contributed by atoms with Crippen LogP contribution in [0.2, 0.25) is 0 Å². The van der Waals surface area contributed by atoms with Crippen molar-refractivity contribution < 1.29 is 9.59 Å². The molecule has 0 aliphatic heterocycles. The second-order valence-corrected chi connectivity index (χ2v) is 10.7. The SMILES string of the molecule is CC1CCC(C(=O)Nc2ccc3[nH]c(-c4ccc(NC(=O)C5CCCCCC5)cc4)cc3c2)CC1. The number of aromatic nitrogens is 1. The van der Waals surface area contributed by atoms with Crippen LogP contribution in [-0.4, -0.2) is 16.8 Å².